The first-order valence-corrected chi connectivity index (χ1v) is 6.48. The average molecular weight is 270 g/mol. The molecule has 1 unspecified atom stereocenters. The number of rotatable bonds is 6. The average Bonchev–Trinajstić information content (AvgIpc) is 2.34. The zero-order chi connectivity index (χ0) is 13.5. The van der Waals surface area contributed by atoms with Gasteiger partial charge in [-0.1, -0.05) is 25.4 Å². The van der Waals surface area contributed by atoms with Crippen molar-refractivity contribution in [3.05, 3.63) is 29.0 Å². The van der Waals surface area contributed by atoms with Crippen molar-refractivity contribution >= 4 is 17.5 Å². The van der Waals surface area contributed by atoms with Crippen molar-refractivity contribution < 1.29 is 4.79 Å². The number of hydrogen-bond donors (Lipinski definition) is 2. The Balaban J connectivity index is 2.39. The van der Waals surface area contributed by atoms with E-state index in [0.29, 0.717) is 24.0 Å². The summed E-state index contributed by atoms with van der Waals surface area (Å²) < 4.78 is 0. The van der Waals surface area contributed by atoms with Crippen LogP contribution in [0.5, 0.6) is 0 Å². The molecule has 1 aromatic rings. The molecular formula is C13H20ClN3O. The Bertz CT molecular complexity index is 396. The van der Waals surface area contributed by atoms with Crippen molar-refractivity contribution in [2.75, 3.05) is 6.54 Å². The van der Waals surface area contributed by atoms with Crippen LogP contribution >= 0.6 is 11.6 Å². The van der Waals surface area contributed by atoms with Crippen LogP contribution in [0.2, 0.25) is 5.02 Å². The van der Waals surface area contributed by atoms with Gasteiger partial charge in [0, 0.05) is 25.5 Å². The fourth-order valence-electron chi connectivity index (χ4n) is 1.36. The molecule has 1 atom stereocenters. The van der Waals surface area contributed by atoms with Gasteiger partial charge in [0.05, 0.1) is 11.1 Å². The molecule has 0 bridgehead atoms. The van der Waals surface area contributed by atoms with Crippen LogP contribution in [0.25, 0.3) is 0 Å². The van der Waals surface area contributed by atoms with Crippen molar-refractivity contribution in [1.29, 1.82) is 0 Å². The number of nitrogens with zero attached hydrogens (tertiary/aromatic N) is 1. The summed E-state index contributed by atoms with van der Waals surface area (Å²) in [6.45, 7) is 7.22. The number of pyridine rings is 1. The number of carbonyl (C=O) groups is 1. The summed E-state index contributed by atoms with van der Waals surface area (Å²) in [6, 6.07) is 1.60. The minimum absolute atomic E-state index is 0.00822. The van der Waals surface area contributed by atoms with E-state index < -0.39 is 0 Å². The van der Waals surface area contributed by atoms with Crippen molar-refractivity contribution in [2.45, 2.75) is 33.4 Å². The first-order chi connectivity index (χ1) is 8.50. The number of amides is 1. The van der Waals surface area contributed by atoms with Crippen molar-refractivity contribution in [1.82, 2.24) is 15.6 Å². The zero-order valence-electron chi connectivity index (χ0n) is 11.0. The minimum atomic E-state index is -0.243. The molecule has 0 aromatic carbocycles. The van der Waals surface area contributed by atoms with E-state index >= 15 is 0 Å². The number of aromatic nitrogens is 1. The fourth-order valence-corrected chi connectivity index (χ4v) is 1.55. The molecule has 100 valence electrons. The molecule has 1 heterocycles. The third kappa shape index (κ3) is 5.02. The van der Waals surface area contributed by atoms with Crippen LogP contribution in [0.3, 0.4) is 0 Å². The molecule has 0 saturated carbocycles. The van der Waals surface area contributed by atoms with Crippen LogP contribution in [-0.2, 0) is 11.3 Å². The Morgan fingerprint density at radius 3 is 2.78 bits per heavy atom. The molecule has 0 saturated heterocycles. The summed E-state index contributed by atoms with van der Waals surface area (Å²) >= 11 is 5.99. The standard InChI is InChI=1S/C13H20ClN3O/c1-9(2)6-17-13(18)10(3)16-7-11-4-5-15-8-12(11)14/h4-5,8-10,16H,6-7H2,1-3H3,(H,17,18). The minimum Gasteiger partial charge on any atom is -0.354 e. The van der Waals surface area contributed by atoms with Crippen LogP contribution in [0, 0.1) is 5.92 Å². The lowest BCUT2D eigenvalue weighted by Crippen LogP contribution is -2.43. The third-order valence-corrected chi connectivity index (χ3v) is 2.87. The Hall–Kier alpha value is -1.13. The maximum Gasteiger partial charge on any atom is 0.236 e. The highest BCUT2D eigenvalue weighted by Crippen LogP contribution is 2.12. The second-order valence-corrected chi connectivity index (χ2v) is 5.12. The van der Waals surface area contributed by atoms with E-state index in [9.17, 15) is 4.79 Å². The second-order valence-electron chi connectivity index (χ2n) is 4.71. The van der Waals surface area contributed by atoms with E-state index in [0.717, 1.165) is 5.56 Å². The van der Waals surface area contributed by atoms with E-state index in [1.165, 1.54) is 0 Å². The van der Waals surface area contributed by atoms with Gasteiger partial charge in [-0.3, -0.25) is 9.78 Å². The molecule has 0 aliphatic rings. The topological polar surface area (TPSA) is 54.0 Å². The van der Waals surface area contributed by atoms with Gasteiger partial charge in [0.25, 0.3) is 0 Å². The summed E-state index contributed by atoms with van der Waals surface area (Å²) in [7, 11) is 0. The van der Waals surface area contributed by atoms with Gasteiger partial charge in [0.2, 0.25) is 5.91 Å². The molecule has 0 aliphatic carbocycles. The molecule has 0 radical (unpaired) electrons. The van der Waals surface area contributed by atoms with Gasteiger partial charge in [0.1, 0.15) is 0 Å². The van der Waals surface area contributed by atoms with Crippen molar-refractivity contribution in [3.63, 3.8) is 0 Å². The molecule has 0 spiro atoms. The first-order valence-electron chi connectivity index (χ1n) is 6.10. The van der Waals surface area contributed by atoms with E-state index in [1.807, 2.05) is 13.0 Å². The summed E-state index contributed by atoms with van der Waals surface area (Å²) in [5.74, 6) is 0.463. The summed E-state index contributed by atoms with van der Waals surface area (Å²) in [4.78, 5) is 15.7. The number of carbonyl (C=O) groups excluding carboxylic acids is 1. The van der Waals surface area contributed by atoms with Gasteiger partial charge >= 0.3 is 0 Å². The van der Waals surface area contributed by atoms with E-state index in [1.54, 1.807) is 12.4 Å². The van der Waals surface area contributed by atoms with Gasteiger partial charge in [-0.15, -0.1) is 0 Å². The molecule has 2 N–H and O–H groups in total. The van der Waals surface area contributed by atoms with Crippen LogP contribution in [0.1, 0.15) is 26.3 Å². The highest BCUT2D eigenvalue weighted by atomic mass is 35.5. The summed E-state index contributed by atoms with van der Waals surface area (Å²) in [5.41, 5.74) is 0.940. The van der Waals surface area contributed by atoms with Gasteiger partial charge < -0.3 is 10.6 Å². The first kappa shape index (κ1) is 14.9. The van der Waals surface area contributed by atoms with Crippen LogP contribution in [-0.4, -0.2) is 23.5 Å². The lowest BCUT2D eigenvalue weighted by Gasteiger charge is -2.15. The number of nitrogens with one attached hydrogen (secondary N) is 2. The second kappa shape index (κ2) is 7.34. The Morgan fingerprint density at radius 2 is 2.17 bits per heavy atom. The molecule has 0 aliphatic heterocycles. The summed E-state index contributed by atoms with van der Waals surface area (Å²) in [5, 5.41) is 6.64. The maximum absolute atomic E-state index is 11.7. The highest BCUT2D eigenvalue weighted by Gasteiger charge is 2.12. The smallest absolute Gasteiger partial charge is 0.236 e. The van der Waals surface area contributed by atoms with Gasteiger partial charge in [-0.2, -0.15) is 0 Å². The van der Waals surface area contributed by atoms with E-state index in [-0.39, 0.29) is 11.9 Å². The normalized spacial score (nSPS) is 12.5. The van der Waals surface area contributed by atoms with Gasteiger partial charge in [-0.25, -0.2) is 0 Å². The van der Waals surface area contributed by atoms with Crippen LogP contribution in [0.4, 0.5) is 0 Å². The lowest BCUT2D eigenvalue weighted by atomic mass is 10.2. The van der Waals surface area contributed by atoms with Crippen molar-refractivity contribution in [2.24, 2.45) is 5.92 Å². The van der Waals surface area contributed by atoms with E-state index in [2.05, 4.69) is 29.5 Å². The molecule has 0 fully saturated rings. The van der Waals surface area contributed by atoms with Gasteiger partial charge in [0.15, 0.2) is 0 Å². The van der Waals surface area contributed by atoms with Crippen LogP contribution in [0.15, 0.2) is 18.5 Å². The molecule has 1 rings (SSSR count). The molecule has 18 heavy (non-hydrogen) atoms. The quantitative estimate of drug-likeness (QED) is 0.830. The zero-order valence-corrected chi connectivity index (χ0v) is 11.8. The SMILES string of the molecule is CC(C)CNC(=O)C(C)NCc1ccncc1Cl. The monoisotopic (exact) mass is 269 g/mol. The van der Waals surface area contributed by atoms with Crippen molar-refractivity contribution in [3.8, 4) is 0 Å². The third-order valence-electron chi connectivity index (χ3n) is 2.53. The molecular weight excluding hydrogens is 250 g/mol. The Kier molecular flexibility index (Phi) is 6.09. The molecule has 5 heteroatoms. The fraction of sp³-hybridized carbons (Fsp3) is 0.538. The molecule has 1 aromatic heterocycles. The van der Waals surface area contributed by atoms with Crippen LogP contribution < -0.4 is 10.6 Å². The summed E-state index contributed by atoms with van der Waals surface area (Å²) in [6.07, 6.45) is 3.29. The lowest BCUT2D eigenvalue weighted by molar-refractivity contribution is -0.122. The maximum atomic E-state index is 11.7. The molecule has 4 nitrogen and oxygen atoms in total. The Morgan fingerprint density at radius 1 is 1.44 bits per heavy atom. The van der Waals surface area contributed by atoms with Gasteiger partial charge in [-0.05, 0) is 24.5 Å². The Labute approximate surface area is 113 Å². The number of hydrogen-bond acceptors (Lipinski definition) is 3. The van der Waals surface area contributed by atoms with E-state index in [4.69, 9.17) is 11.6 Å². The predicted octanol–water partition coefficient (Wildman–Crippen LogP) is 1.99. The predicted molar refractivity (Wildman–Crippen MR) is 73.4 cm³/mol. The largest absolute Gasteiger partial charge is 0.354 e. The molecule has 1 amide bonds. The number of halogens is 1. The highest BCUT2D eigenvalue weighted by molar-refractivity contribution is 6.31.